The SMILES string of the molecule is C[C@]12CC[C@H](O)CC1=C[C@@H](O)C1C2CC[C@@]2(C)C1CC[C@H]2O. The molecule has 22 heavy (non-hydrogen) atoms. The van der Waals surface area contributed by atoms with Gasteiger partial charge in [-0.2, -0.15) is 0 Å². The maximum atomic E-state index is 10.9. The van der Waals surface area contributed by atoms with E-state index in [-0.39, 0.29) is 23.0 Å². The molecule has 0 aliphatic heterocycles. The largest absolute Gasteiger partial charge is 0.393 e. The predicted octanol–water partition coefficient (Wildman–Crippen LogP) is 2.64. The van der Waals surface area contributed by atoms with Crippen molar-refractivity contribution < 1.29 is 15.3 Å². The van der Waals surface area contributed by atoms with Crippen LogP contribution in [0, 0.1) is 28.6 Å². The highest BCUT2D eigenvalue weighted by molar-refractivity contribution is 5.27. The maximum Gasteiger partial charge on any atom is 0.0757 e. The van der Waals surface area contributed by atoms with E-state index in [4.69, 9.17) is 0 Å². The molecule has 0 aromatic rings. The average Bonchev–Trinajstić information content (AvgIpc) is 2.77. The van der Waals surface area contributed by atoms with Gasteiger partial charge in [0.2, 0.25) is 0 Å². The van der Waals surface area contributed by atoms with Gasteiger partial charge in [-0.05, 0) is 73.5 Å². The zero-order chi connectivity index (χ0) is 15.7. The third kappa shape index (κ3) is 1.85. The molecule has 0 bridgehead atoms. The van der Waals surface area contributed by atoms with Crippen molar-refractivity contribution in [2.45, 2.75) is 77.1 Å². The molecule has 3 nitrogen and oxygen atoms in total. The van der Waals surface area contributed by atoms with Crippen molar-refractivity contribution in [3.05, 3.63) is 11.6 Å². The van der Waals surface area contributed by atoms with Gasteiger partial charge < -0.3 is 15.3 Å². The molecule has 3 unspecified atom stereocenters. The van der Waals surface area contributed by atoms with Crippen LogP contribution in [0.25, 0.3) is 0 Å². The average molecular weight is 306 g/mol. The quantitative estimate of drug-likeness (QED) is 0.603. The summed E-state index contributed by atoms with van der Waals surface area (Å²) in [5.74, 6) is 1.25. The minimum absolute atomic E-state index is 0.00195. The predicted molar refractivity (Wildman–Crippen MR) is 85.1 cm³/mol. The molecular formula is C19H30O3. The first kappa shape index (κ1) is 15.2. The zero-order valence-electron chi connectivity index (χ0n) is 13.8. The lowest BCUT2D eigenvalue weighted by Gasteiger charge is -2.58. The summed E-state index contributed by atoms with van der Waals surface area (Å²) in [6.07, 6.45) is 8.05. The fraction of sp³-hybridized carbons (Fsp3) is 0.895. The van der Waals surface area contributed by atoms with Crippen molar-refractivity contribution in [1.82, 2.24) is 0 Å². The highest BCUT2D eigenvalue weighted by Crippen LogP contribution is 2.64. The number of rotatable bonds is 0. The summed E-state index contributed by atoms with van der Waals surface area (Å²) >= 11 is 0. The molecule has 0 aromatic carbocycles. The maximum absolute atomic E-state index is 10.9. The summed E-state index contributed by atoms with van der Waals surface area (Å²) in [6, 6.07) is 0. The van der Waals surface area contributed by atoms with Crippen LogP contribution in [0.3, 0.4) is 0 Å². The van der Waals surface area contributed by atoms with Crippen LogP contribution in [0.15, 0.2) is 11.6 Å². The summed E-state index contributed by atoms with van der Waals surface area (Å²) < 4.78 is 0. The molecule has 8 atom stereocenters. The summed E-state index contributed by atoms with van der Waals surface area (Å²) in [5, 5.41) is 31.3. The minimum atomic E-state index is -0.395. The molecule has 0 amide bonds. The number of hydrogen-bond acceptors (Lipinski definition) is 3. The molecule has 3 fully saturated rings. The molecule has 3 N–H and O–H groups in total. The van der Waals surface area contributed by atoms with Gasteiger partial charge in [-0.1, -0.05) is 25.5 Å². The van der Waals surface area contributed by atoms with Gasteiger partial charge in [-0.3, -0.25) is 0 Å². The van der Waals surface area contributed by atoms with Gasteiger partial charge in [0.1, 0.15) is 0 Å². The second-order valence-electron chi connectivity index (χ2n) is 8.92. The Morgan fingerprint density at radius 1 is 0.955 bits per heavy atom. The Morgan fingerprint density at radius 3 is 2.50 bits per heavy atom. The monoisotopic (exact) mass is 306 g/mol. The Balaban J connectivity index is 1.73. The molecule has 4 rings (SSSR count). The van der Waals surface area contributed by atoms with E-state index in [1.807, 2.05) is 0 Å². The van der Waals surface area contributed by atoms with E-state index in [0.717, 1.165) is 44.9 Å². The van der Waals surface area contributed by atoms with E-state index < -0.39 is 6.10 Å². The first-order valence-corrected chi connectivity index (χ1v) is 9.11. The number of aliphatic hydroxyl groups excluding tert-OH is 3. The van der Waals surface area contributed by atoms with Crippen molar-refractivity contribution in [2.24, 2.45) is 28.6 Å². The summed E-state index contributed by atoms with van der Waals surface area (Å²) in [7, 11) is 0. The lowest BCUT2D eigenvalue weighted by Crippen LogP contribution is -2.55. The van der Waals surface area contributed by atoms with Crippen molar-refractivity contribution in [2.75, 3.05) is 0 Å². The molecule has 0 spiro atoms. The summed E-state index contributed by atoms with van der Waals surface area (Å²) in [4.78, 5) is 0. The third-order valence-corrected chi connectivity index (χ3v) is 8.05. The van der Waals surface area contributed by atoms with E-state index in [1.165, 1.54) is 5.57 Å². The molecule has 0 aromatic heterocycles. The number of fused-ring (bicyclic) bond motifs is 5. The Kier molecular flexibility index (Phi) is 3.32. The van der Waals surface area contributed by atoms with Crippen LogP contribution in [-0.4, -0.2) is 33.6 Å². The first-order valence-electron chi connectivity index (χ1n) is 9.11. The fourth-order valence-electron chi connectivity index (χ4n) is 6.60. The first-order chi connectivity index (χ1) is 10.4. The van der Waals surface area contributed by atoms with Crippen molar-refractivity contribution in [1.29, 1.82) is 0 Å². The zero-order valence-corrected chi connectivity index (χ0v) is 13.8. The van der Waals surface area contributed by atoms with Crippen LogP contribution in [0.1, 0.15) is 58.8 Å². The molecule has 0 saturated heterocycles. The highest BCUT2D eigenvalue weighted by atomic mass is 16.3. The van der Waals surface area contributed by atoms with Gasteiger partial charge in [0.05, 0.1) is 18.3 Å². The lowest BCUT2D eigenvalue weighted by atomic mass is 9.47. The van der Waals surface area contributed by atoms with E-state index in [0.29, 0.717) is 17.8 Å². The molecule has 0 heterocycles. The Hall–Kier alpha value is -0.380. The standard InChI is InChI=1S/C19H30O3/c1-18-7-5-12(20)9-11(18)10-15(21)17-13-3-4-16(22)19(13,2)8-6-14(17)18/h10,12-17,20-22H,3-9H2,1-2H3/t12-,13?,14?,15+,16+,17?,18-,19-/m0/s1. The minimum Gasteiger partial charge on any atom is -0.393 e. The van der Waals surface area contributed by atoms with Crippen molar-refractivity contribution in [3.8, 4) is 0 Å². The second-order valence-corrected chi connectivity index (χ2v) is 8.92. The summed E-state index contributed by atoms with van der Waals surface area (Å²) in [6.45, 7) is 4.60. The Morgan fingerprint density at radius 2 is 1.73 bits per heavy atom. The second kappa shape index (κ2) is 4.81. The molecule has 3 saturated carbocycles. The molecule has 124 valence electrons. The van der Waals surface area contributed by atoms with E-state index in [2.05, 4.69) is 19.9 Å². The van der Waals surface area contributed by atoms with Gasteiger partial charge in [0, 0.05) is 0 Å². The van der Waals surface area contributed by atoms with Crippen LogP contribution in [0.4, 0.5) is 0 Å². The topological polar surface area (TPSA) is 60.7 Å². The van der Waals surface area contributed by atoms with Gasteiger partial charge in [0.15, 0.2) is 0 Å². The van der Waals surface area contributed by atoms with Crippen LogP contribution < -0.4 is 0 Å². The van der Waals surface area contributed by atoms with Gasteiger partial charge in [-0.15, -0.1) is 0 Å². The highest BCUT2D eigenvalue weighted by Gasteiger charge is 2.60. The molecule has 4 aliphatic carbocycles. The van der Waals surface area contributed by atoms with E-state index >= 15 is 0 Å². The van der Waals surface area contributed by atoms with Crippen LogP contribution >= 0.6 is 0 Å². The van der Waals surface area contributed by atoms with Gasteiger partial charge >= 0.3 is 0 Å². The normalized spacial score (nSPS) is 57.6. The van der Waals surface area contributed by atoms with Crippen LogP contribution in [0.2, 0.25) is 0 Å². The summed E-state index contributed by atoms with van der Waals surface area (Å²) in [5.41, 5.74) is 1.44. The number of aliphatic hydroxyl groups is 3. The lowest BCUT2D eigenvalue weighted by molar-refractivity contribution is -0.105. The Labute approximate surface area is 133 Å². The van der Waals surface area contributed by atoms with Gasteiger partial charge in [-0.25, -0.2) is 0 Å². The molecular weight excluding hydrogens is 276 g/mol. The van der Waals surface area contributed by atoms with Crippen molar-refractivity contribution >= 4 is 0 Å². The molecule has 3 heteroatoms. The number of hydrogen-bond donors (Lipinski definition) is 3. The van der Waals surface area contributed by atoms with E-state index in [1.54, 1.807) is 0 Å². The smallest absolute Gasteiger partial charge is 0.0757 e. The van der Waals surface area contributed by atoms with E-state index in [9.17, 15) is 15.3 Å². The van der Waals surface area contributed by atoms with Gasteiger partial charge in [0.25, 0.3) is 0 Å². The fourth-order valence-corrected chi connectivity index (χ4v) is 6.60. The van der Waals surface area contributed by atoms with Crippen molar-refractivity contribution in [3.63, 3.8) is 0 Å². The Bertz CT molecular complexity index is 501. The van der Waals surface area contributed by atoms with Crippen LogP contribution in [0.5, 0.6) is 0 Å². The molecule has 0 radical (unpaired) electrons. The van der Waals surface area contributed by atoms with Crippen LogP contribution in [-0.2, 0) is 0 Å². The molecule has 4 aliphatic rings. The third-order valence-electron chi connectivity index (χ3n) is 8.05.